The molecule has 1 saturated heterocycles. The molecule has 1 aliphatic rings. The second kappa shape index (κ2) is 9.58. The highest BCUT2D eigenvalue weighted by atomic mass is 35.5. The Labute approximate surface area is 168 Å². The normalized spacial score (nSPS) is 15.6. The number of benzene rings is 2. The van der Waals surface area contributed by atoms with Crippen LogP contribution in [0.4, 0.5) is 0 Å². The van der Waals surface area contributed by atoms with Gasteiger partial charge in [0.1, 0.15) is 5.75 Å². The average molecular weight is 408 g/mol. The van der Waals surface area contributed by atoms with E-state index in [2.05, 4.69) is 11.4 Å². The van der Waals surface area contributed by atoms with Crippen molar-refractivity contribution in [1.82, 2.24) is 5.32 Å². The first-order valence-electron chi connectivity index (χ1n) is 8.67. The Hall–Kier alpha value is -1.30. The maximum absolute atomic E-state index is 12.4. The second-order valence-corrected chi connectivity index (χ2v) is 9.14. The molecule has 0 bridgehead atoms. The largest absolute Gasteiger partial charge is 0.483 e. The third kappa shape index (κ3) is 5.12. The number of para-hydroxylation sites is 1. The molecule has 1 aliphatic heterocycles. The Morgan fingerprint density at radius 2 is 1.88 bits per heavy atom. The molecule has 1 fully saturated rings. The predicted octanol–water partition coefficient (Wildman–Crippen LogP) is 5.46. The van der Waals surface area contributed by atoms with E-state index < -0.39 is 0 Å². The minimum absolute atomic E-state index is 0.0170. The summed E-state index contributed by atoms with van der Waals surface area (Å²) in [5, 5.41) is 3.74. The Balaban J connectivity index is 1.59. The number of rotatable bonds is 7. The predicted molar refractivity (Wildman–Crippen MR) is 112 cm³/mol. The number of carbonyl (C=O) groups is 1. The molecule has 1 N–H and O–H groups in total. The molecule has 0 aromatic heterocycles. The Morgan fingerprint density at radius 3 is 2.58 bits per heavy atom. The highest BCUT2D eigenvalue weighted by molar-refractivity contribution is 8.19. The summed E-state index contributed by atoms with van der Waals surface area (Å²) in [7, 11) is 0. The molecule has 3 nitrogen and oxygen atoms in total. The summed E-state index contributed by atoms with van der Waals surface area (Å²) in [6, 6.07) is 15.5. The van der Waals surface area contributed by atoms with Crippen molar-refractivity contribution >= 4 is 41.0 Å². The van der Waals surface area contributed by atoms with Gasteiger partial charge in [0.2, 0.25) is 0 Å². The van der Waals surface area contributed by atoms with Crippen molar-refractivity contribution in [2.24, 2.45) is 0 Å². The molecule has 2 aromatic rings. The van der Waals surface area contributed by atoms with Crippen molar-refractivity contribution < 1.29 is 9.53 Å². The fourth-order valence-corrected chi connectivity index (χ4v) is 5.87. The van der Waals surface area contributed by atoms with Gasteiger partial charge in [-0.2, -0.15) is 0 Å². The van der Waals surface area contributed by atoms with E-state index in [1.54, 1.807) is 0 Å². The van der Waals surface area contributed by atoms with E-state index >= 15 is 0 Å². The molecule has 138 valence electrons. The van der Waals surface area contributed by atoms with Crippen LogP contribution >= 0.6 is 35.1 Å². The zero-order valence-electron chi connectivity index (χ0n) is 14.6. The van der Waals surface area contributed by atoms with E-state index in [0.29, 0.717) is 9.60 Å². The molecule has 2 aromatic carbocycles. The number of thioether (sulfide) groups is 2. The summed E-state index contributed by atoms with van der Waals surface area (Å²) in [5.74, 6) is 3.00. The fraction of sp³-hybridized carbons (Fsp3) is 0.350. The van der Waals surface area contributed by atoms with Crippen LogP contribution in [0.15, 0.2) is 48.5 Å². The molecule has 0 radical (unpaired) electrons. The van der Waals surface area contributed by atoms with Crippen molar-refractivity contribution in [3.63, 3.8) is 0 Å². The van der Waals surface area contributed by atoms with Crippen molar-refractivity contribution in [1.29, 1.82) is 0 Å². The van der Waals surface area contributed by atoms with Gasteiger partial charge in [-0.1, -0.05) is 48.9 Å². The van der Waals surface area contributed by atoms with Crippen LogP contribution in [0.1, 0.15) is 35.1 Å². The standard InChI is InChI=1S/C20H22ClNO2S2/c1-2-17(14-7-9-15(21)10-8-14)22-19(23)13-24-18-6-4-3-5-16(18)20-25-11-12-26-20/h3-10,17,20H,2,11-13H2,1H3,(H,22,23). The maximum atomic E-state index is 12.4. The van der Waals surface area contributed by atoms with Gasteiger partial charge in [0, 0.05) is 22.1 Å². The smallest absolute Gasteiger partial charge is 0.258 e. The van der Waals surface area contributed by atoms with E-state index in [0.717, 1.165) is 34.8 Å². The second-order valence-electron chi connectivity index (χ2n) is 5.98. The van der Waals surface area contributed by atoms with Gasteiger partial charge in [-0.05, 0) is 30.2 Å². The molecule has 1 heterocycles. The van der Waals surface area contributed by atoms with E-state index in [4.69, 9.17) is 16.3 Å². The Kier molecular flexibility index (Phi) is 7.17. The van der Waals surface area contributed by atoms with Gasteiger partial charge in [-0.15, -0.1) is 23.5 Å². The van der Waals surface area contributed by atoms with Gasteiger partial charge in [-0.3, -0.25) is 4.79 Å². The van der Waals surface area contributed by atoms with E-state index in [1.807, 2.05) is 72.9 Å². The number of amides is 1. The lowest BCUT2D eigenvalue weighted by molar-refractivity contribution is -0.123. The van der Waals surface area contributed by atoms with E-state index in [-0.39, 0.29) is 18.6 Å². The van der Waals surface area contributed by atoms with Crippen molar-refractivity contribution in [3.05, 3.63) is 64.7 Å². The number of hydrogen-bond acceptors (Lipinski definition) is 4. The van der Waals surface area contributed by atoms with E-state index in [9.17, 15) is 4.79 Å². The summed E-state index contributed by atoms with van der Waals surface area (Å²) in [6.45, 7) is 2.06. The van der Waals surface area contributed by atoms with Crippen molar-refractivity contribution in [2.45, 2.75) is 24.0 Å². The van der Waals surface area contributed by atoms with Crippen LogP contribution in [0.2, 0.25) is 5.02 Å². The third-order valence-corrected chi connectivity index (χ3v) is 7.49. The van der Waals surface area contributed by atoms with Gasteiger partial charge in [0.05, 0.1) is 10.6 Å². The molecule has 1 unspecified atom stereocenters. The van der Waals surface area contributed by atoms with Gasteiger partial charge < -0.3 is 10.1 Å². The Bertz CT molecular complexity index is 733. The molecule has 0 aliphatic carbocycles. The lowest BCUT2D eigenvalue weighted by atomic mass is 10.0. The zero-order valence-corrected chi connectivity index (χ0v) is 17.0. The average Bonchev–Trinajstić information content (AvgIpc) is 3.20. The summed E-state index contributed by atoms with van der Waals surface area (Å²) in [5.41, 5.74) is 2.21. The topological polar surface area (TPSA) is 38.3 Å². The molecular formula is C20H22ClNO2S2. The van der Waals surface area contributed by atoms with Gasteiger partial charge in [0.15, 0.2) is 6.61 Å². The summed E-state index contributed by atoms with van der Waals surface area (Å²) in [6.07, 6.45) is 0.805. The first kappa shape index (κ1) is 19.5. The first-order chi connectivity index (χ1) is 12.7. The highest BCUT2D eigenvalue weighted by Gasteiger charge is 2.22. The minimum Gasteiger partial charge on any atom is -0.483 e. The zero-order chi connectivity index (χ0) is 18.4. The lowest BCUT2D eigenvalue weighted by Crippen LogP contribution is -2.32. The molecular weight excluding hydrogens is 386 g/mol. The highest BCUT2D eigenvalue weighted by Crippen LogP contribution is 2.48. The van der Waals surface area contributed by atoms with Crippen LogP contribution in [0.3, 0.4) is 0 Å². The van der Waals surface area contributed by atoms with Crippen LogP contribution in [0, 0.1) is 0 Å². The van der Waals surface area contributed by atoms with Gasteiger partial charge >= 0.3 is 0 Å². The third-order valence-electron chi connectivity index (χ3n) is 4.17. The summed E-state index contributed by atoms with van der Waals surface area (Å²) < 4.78 is 6.25. The van der Waals surface area contributed by atoms with Gasteiger partial charge in [0.25, 0.3) is 5.91 Å². The monoisotopic (exact) mass is 407 g/mol. The molecule has 26 heavy (non-hydrogen) atoms. The SMILES string of the molecule is CCC(NC(=O)COc1ccccc1C1SCCS1)c1ccc(Cl)cc1. The Morgan fingerprint density at radius 1 is 1.19 bits per heavy atom. The van der Waals surface area contributed by atoms with Crippen molar-refractivity contribution in [3.8, 4) is 5.75 Å². The van der Waals surface area contributed by atoms with Crippen LogP contribution in [-0.4, -0.2) is 24.0 Å². The van der Waals surface area contributed by atoms with Crippen LogP contribution in [-0.2, 0) is 4.79 Å². The van der Waals surface area contributed by atoms with Crippen LogP contribution < -0.4 is 10.1 Å². The number of hydrogen-bond donors (Lipinski definition) is 1. The lowest BCUT2D eigenvalue weighted by Gasteiger charge is -2.19. The molecule has 3 rings (SSSR count). The number of halogens is 1. The number of ether oxygens (including phenoxy) is 1. The summed E-state index contributed by atoms with van der Waals surface area (Å²) in [4.78, 5) is 12.4. The fourth-order valence-electron chi connectivity index (χ4n) is 2.84. The van der Waals surface area contributed by atoms with E-state index in [1.165, 1.54) is 0 Å². The minimum atomic E-state index is -0.117. The van der Waals surface area contributed by atoms with Crippen LogP contribution in [0.25, 0.3) is 0 Å². The molecule has 0 spiro atoms. The first-order valence-corrected chi connectivity index (χ1v) is 11.1. The maximum Gasteiger partial charge on any atom is 0.258 e. The molecule has 6 heteroatoms. The van der Waals surface area contributed by atoms with Crippen LogP contribution in [0.5, 0.6) is 5.75 Å². The number of nitrogens with one attached hydrogen (secondary N) is 1. The van der Waals surface area contributed by atoms with Gasteiger partial charge in [-0.25, -0.2) is 0 Å². The number of carbonyl (C=O) groups excluding carboxylic acids is 1. The van der Waals surface area contributed by atoms with Crippen molar-refractivity contribution in [2.75, 3.05) is 18.1 Å². The quantitative estimate of drug-likeness (QED) is 0.660. The molecule has 1 atom stereocenters. The summed E-state index contributed by atoms with van der Waals surface area (Å²) >= 11 is 9.80. The molecule has 1 amide bonds. The molecule has 0 saturated carbocycles.